The third-order valence-corrected chi connectivity index (χ3v) is 8.13. The van der Waals surface area contributed by atoms with Gasteiger partial charge >= 0.3 is 0 Å². The first-order chi connectivity index (χ1) is 21.1. The molecule has 2 aliphatic heterocycles. The Morgan fingerprint density at radius 2 is 1.70 bits per heavy atom. The number of rotatable bonds is 19. The minimum Gasteiger partial charge on any atom is -0.490 e. The van der Waals surface area contributed by atoms with Gasteiger partial charge in [-0.2, -0.15) is 0 Å². The number of fused-ring (bicyclic) bond motifs is 1. The van der Waals surface area contributed by atoms with Gasteiger partial charge in [-0.15, -0.1) is 0 Å². The van der Waals surface area contributed by atoms with Gasteiger partial charge in [-0.05, 0) is 35.2 Å². The second kappa shape index (κ2) is 18.5. The third-order valence-electron chi connectivity index (χ3n) is 8.13. The van der Waals surface area contributed by atoms with E-state index in [0.717, 1.165) is 56.2 Å². The molecule has 2 heterocycles. The molecular weight excluding hydrogens is 548 g/mol. The molecule has 0 saturated carbocycles. The Morgan fingerprint density at radius 3 is 2.49 bits per heavy atom. The van der Waals surface area contributed by atoms with Crippen LogP contribution >= 0.6 is 0 Å². The molecule has 1 fully saturated rings. The summed E-state index contributed by atoms with van der Waals surface area (Å²) in [5.74, 6) is 1.79. The monoisotopic (exact) mass is 600 g/mol. The van der Waals surface area contributed by atoms with E-state index in [4.69, 9.17) is 33.2 Å². The lowest BCUT2D eigenvalue weighted by Gasteiger charge is -2.39. The van der Waals surface area contributed by atoms with Crippen LogP contribution in [0.25, 0.3) is 0 Å². The summed E-state index contributed by atoms with van der Waals surface area (Å²) < 4.78 is 40.3. The van der Waals surface area contributed by atoms with Gasteiger partial charge in [-0.25, -0.2) is 0 Å². The second-order valence-electron chi connectivity index (χ2n) is 11.7. The standard InChI is InChI=1S/C34H52N2O7/c1-26(21-39-4)22-41-23-27-6-9-29(10-7-27)34-30(25-40-17-16-38-3)19-35-20-33(34)43-24-28-8-11-32-31(18-28)36(13-15-42-32)12-5-14-37-2/h6-11,18,26,30,33-35H,5,12-17,19-25H2,1-4H3/t26-,30?,33-,34?/m0/s1. The van der Waals surface area contributed by atoms with E-state index in [9.17, 15) is 0 Å². The Hall–Kier alpha value is -2.24. The smallest absolute Gasteiger partial charge is 0.142 e. The molecule has 240 valence electrons. The average Bonchev–Trinajstić information content (AvgIpc) is 3.03. The number of anilines is 1. The quantitative estimate of drug-likeness (QED) is 0.238. The van der Waals surface area contributed by atoms with Crippen LogP contribution in [-0.4, -0.2) is 99.9 Å². The van der Waals surface area contributed by atoms with Gasteiger partial charge in [0.2, 0.25) is 0 Å². The van der Waals surface area contributed by atoms with Crippen molar-refractivity contribution in [2.75, 3.05) is 98.7 Å². The molecule has 2 aromatic carbocycles. The maximum Gasteiger partial charge on any atom is 0.142 e. The van der Waals surface area contributed by atoms with Crippen LogP contribution in [0.3, 0.4) is 0 Å². The lowest BCUT2D eigenvalue weighted by atomic mass is 9.79. The molecule has 1 N–H and O–H groups in total. The van der Waals surface area contributed by atoms with Crippen LogP contribution < -0.4 is 15.0 Å². The van der Waals surface area contributed by atoms with E-state index in [0.29, 0.717) is 58.8 Å². The van der Waals surface area contributed by atoms with Gasteiger partial charge in [-0.1, -0.05) is 37.3 Å². The molecule has 2 unspecified atom stereocenters. The van der Waals surface area contributed by atoms with Crippen molar-refractivity contribution in [3.8, 4) is 5.75 Å². The average molecular weight is 601 g/mol. The number of benzene rings is 2. The molecule has 0 bridgehead atoms. The van der Waals surface area contributed by atoms with Gasteiger partial charge in [0, 0.05) is 65.3 Å². The molecule has 0 radical (unpaired) electrons. The van der Waals surface area contributed by atoms with Gasteiger partial charge in [-0.3, -0.25) is 0 Å². The molecule has 4 rings (SSSR count). The summed E-state index contributed by atoms with van der Waals surface area (Å²) in [6, 6.07) is 15.3. The van der Waals surface area contributed by atoms with E-state index in [2.05, 4.69) is 59.6 Å². The largest absolute Gasteiger partial charge is 0.490 e. The van der Waals surface area contributed by atoms with Crippen LogP contribution in [0, 0.1) is 11.8 Å². The summed E-state index contributed by atoms with van der Waals surface area (Å²) in [4.78, 5) is 2.39. The lowest BCUT2D eigenvalue weighted by molar-refractivity contribution is -0.0288. The minimum atomic E-state index is 0.00635. The van der Waals surface area contributed by atoms with E-state index >= 15 is 0 Å². The number of methoxy groups -OCH3 is 3. The zero-order chi connectivity index (χ0) is 30.3. The summed E-state index contributed by atoms with van der Waals surface area (Å²) in [5.41, 5.74) is 4.72. The fourth-order valence-corrected chi connectivity index (χ4v) is 5.95. The first-order valence-corrected chi connectivity index (χ1v) is 15.7. The maximum atomic E-state index is 6.70. The van der Waals surface area contributed by atoms with Crippen molar-refractivity contribution in [1.29, 1.82) is 0 Å². The van der Waals surface area contributed by atoms with E-state index in [1.165, 1.54) is 11.1 Å². The molecule has 2 aromatic rings. The van der Waals surface area contributed by atoms with E-state index < -0.39 is 0 Å². The summed E-state index contributed by atoms with van der Waals surface area (Å²) in [6.07, 6.45) is 0.990. The number of piperidine rings is 1. The molecule has 0 aliphatic carbocycles. The maximum absolute atomic E-state index is 6.70. The molecule has 2 aliphatic rings. The molecule has 9 heteroatoms. The highest BCUT2D eigenvalue weighted by Gasteiger charge is 2.35. The topological polar surface area (TPSA) is 79.9 Å². The Morgan fingerprint density at radius 1 is 0.884 bits per heavy atom. The number of nitrogens with one attached hydrogen (secondary N) is 1. The van der Waals surface area contributed by atoms with Crippen molar-refractivity contribution in [2.24, 2.45) is 11.8 Å². The van der Waals surface area contributed by atoms with E-state index in [-0.39, 0.29) is 17.9 Å². The van der Waals surface area contributed by atoms with Crippen LogP contribution in [0.5, 0.6) is 5.75 Å². The predicted molar refractivity (Wildman–Crippen MR) is 168 cm³/mol. The summed E-state index contributed by atoms with van der Waals surface area (Å²) >= 11 is 0. The van der Waals surface area contributed by atoms with Gasteiger partial charge in [0.1, 0.15) is 12.4 Å². The Balaban J connectivity index is 1.43. The van der Waals surface area contributed by atoms with Crippen LogP contribution in [0.15, 0.2) is 42.5 Å². The molecule has 0 spiro atoms. The molecule has 4 atom stereocenters. The van der Waals surface area contributed by atoms with Gasteiger partial charge in [0.15, 0.2) is 0 Å². The molecule has 43 heavy (non-hydrogen) atoms. The molecule has 1 saturated heterocycles. The first kappa shape index (κ1) is 33.6. The Kier molecular flexibility index (Phi) is 14.5. The Bertz CT molecular complexity index is 1050. The van der Waals surface area contributed by atoms with Crippen LogP contribution in [0.4, 0.5) is 5.69 Å². The summed E-state index contributed by atoms with van der Waals surface area (Å²) in [6.45, 7) is 11.4. The zero-order valence-electron chi connectivity index (χ0n) is 26.6. The summed E-state index contributed by atoms with van der Waals surface area (Å²) in [5, 5.41) is 3.60. The van der Waals surface area contributed by atoms with Crippen LogP contribution in [-0.2, 0) is 41.6 Å². The third kappa shape index (κ3) is 10.4. The number of ether oxygens (including phenoxy) is 7. The molecule has 0 aromatic heterocycles. The second-order valence-corrected chi connectivity index (χ2v) is 11.7. The van der Waals surface area contributed by atoms with Crippen LogP contribution in [0.2, 0.25) is 0 Å². The normalized spacial score (nSPS) is 20.9. The van der Waals surface area contributed by atoms with Crippen molar-refractivity contribution in [2.45, 2.75) is 38.6 Å². The highest BCUT2D eigenvalue weighted by molar-refractivity contribution is 5.61. The zero-order valence-corrected chi connectivity index (χ0v) is 26.6. The number of hydrogen-bond acceptors (Lipinski definition) is 9. The van der Waals surface area contributed by atoms with Gasteiger partial charge < -0.3 is 43.4 Å². The fraction of sp³-hybridized carbons (Fsp3) is 0.647. The SMILES string of the molecule is COCCCN1CCOc2ccc(CO[C@H]3CNCC(COCCOC)C3c3ccc(COC[C@@H](C)COC)cc3)cc21. The molecular formula is C34H52N2O7. The number of nitrogens with zero attached hydrogens (tertiary/aromatic N) is 1. The first-order valence-electron chi connectivity index (χ1n) is 15.7. The highest BCUT2D eigenvalue weighted by atomic mass is 16.5. The fourth-order valence-electron chi connectivity index (χ4n) is 5.95. The van der Waals surface area contributed by atoms with Crippen molar-refractivity contribution < 1.29 is 33.2 Å². The van der Waals surface area contributed by atoms with Crippen molar-refractivity contribution >= 4 is 5.69 Å². The number of hydrogen-bond donors (Lipinski definition) is 1. The summed E-state index contributed by atoms with van der Waals surface area (Å²) in [7, 11) is 5.18. The van der Waals surface area contributed by atoms with Crippen molar-refractivity contribution in [1.82, 2.24) is 5.32 Å². The van der Waals surface area contributed by atoms with Gasteiger partial charge in [0.25, 0.3) is 0 Å². The predicted octanol–water partition coefficient (Wildman–Crippen LogP) is 4.27. The van der Waals surface area contributed by atoms with Crippen molar-refractivity contribution in [3.05, 3.63) is 59.2 Å². The van der Waals surface area contributed by atoms with Gasteiger partial charge in [0.05, 0.1) is 64.6 Å². The Labute approximate surface area is 258 Å². The molecule has 9 nitrogen and oxygen atoms in total. The van der Waals surface area contributed by atoms with E-state index in [1.807, 2.05) is 0 Å². The van der Waals surface area contributed by atoms with Crippen LogP contribution in [0.1, 0.15) is 36.0 Å². The highest BCUT2D eigenvalue weighted by Crippen LogP contribution is 2.36. The van der Waals surface area contributed by atoms with Crippen molar-refractivity contribution in [3.63, 3.8) is 0 Å². The van der Waals surface area contributed by atoms with E-state index in [1.54, 1.807) is 21.3 Å². The minimum absolute atomic E-state index is 0.00635. The molecule has 0 amide bonds. The lowest BCUT2D eigenvalue weighted by Crippen LogP contribution is -2.48.